The van der Waals surface area contributed by atoms with Crippen molar-refractivity contribution in [3.63, 3.8) is 0 Å². The number of hydrogen-bond donors (Lipinski definition) is 2. The number of anilines is 1. The molecular formula is C12H18N2. The van der Waals surface area contributed by atoms with Crippen molar-refractivity contribution in [3.8, 4) is 0 Å². The van der Waals surface area contributed by atoms with Crippen molar-refractivity contribution >= 4 is 5.69 Å². The molecule has 1 aliphatic heterocycles. The first kappa shape index (κ1) is 9.53. The van der Waals surface area contributed by atoms with E-state index in [9.17, 15) is 0 Å². The first-order valence-corrected chi connectivity index (χ1v) is 5.38. The molecule has 0 radical (unpaired) electrons. The fraction of sp³-hybridized carbons (Fsp3) is 0.500. The number of nitrogens with one attached hydrogen (secondary N) is 2. The van der Waals surface area contributed by atoms with Crippen LogP contribution in [-0.2, 0) is 0 Å². The summed E-state index contributed by atoms with van der Waals surface area (Å²) in [6.07, 6.45) is 2.46. The molecule has 1 heterocycles. The van der Waals surface area contributed by atoms with E-state index in [0.29, 0.717) is 6.04 Å². The van der Waals surface area contributed by atoms with Crippen LogP contribution in [0, 0.1) is 6.92 Å². The Labute approximate surface area is 85.7 Å². The smallest absolute Gasteiger partial charge is 0.0344 e. The van der Waals surface area contributed by atoms with E-state index in [-0.39, 0.29) is 0 Å². The third kappa shape index (κ3) is 2.48. The topological polar surface area (TPSA) is 24.1 Å². The summed E-state index contributed by atoms with van der Waals surface area (Å²) in [5, 5.41) is 6.95. The highest BCUT2D eigenvalue weighted by Crippen LogP contribution is 2.14. The highest BCUT2D eigenvalue weighted by molar-refractivity contribution is 5.46. The van der Waals surface area contributed by atoms with Crippen LogP contribution >= 0.6 is 0 Å². The van der Waals surface area contributed by atoms with E-state index in [1.54, 1.807) is 0 Å². The summed E-state index contributed by atoms with van der Waals surface area (Å²) in [4.78, 5) is 0. The van der Waals surface area contributed by atoms with Crippen molar-refractivity contribution < 1.29 is 0 Å². The number of piperidine rings is 1. The molecule has 0 amide bonds. The fourth-order valence-corrected chi connectivity index (χ4v) is 1.94. The van der Waals surface area contributed by atoms with Crippen molar-refractivity contribution in [3.05, 3.63) is 29.8 Å². The minimum Gasteiger partial charge on any atom is -0.382 e. The second-order valence-corrected chi connectivity index (χ2v) is 4.04. The van der Waals surface area contributed by atoms with Crippen LogP contribution in [0.3, 0.4) is 0 Å². The molecule has 2 heteroatoms. The normalized spacial score (nSPS) is 18.1. The van der Waals surface area contributed by atoms with Gasteiger partial charge in [-0.2, -0.15) is 0 Å². The van der Waals surface area contributed by atoms with Crippen LogP contribution in [0.25, 0.3) is 0 Å². The summed E-state index contributed by atoms with van der Waals surface area (Å²) in [6.45, 7) is 4.42. The van der Waals surface area contributed by atoms with Crippen LogP contribution in [0.5, 0.6) is 0 Å². The summed E-state index contributed by atoms with van der Waals surface area (Å²) in [5.41, 5.74) is 2.58. The van der Waals surface area contributed by atoms with Crippen molar-refractivity contribution in [1.29, 1.82) is 0 Å². The third-order valence-electron chi connectivity index (χ3n) is 2.73. The van der Waals surface area contributed by atoms with Crippen molar-refractivity contribution in [2.75, 3.05) is 18.4 Å². The zero-order chi connectivity index (χ0) is 9.80. The summed E-state index contributed by atoms with van der Waals surface area (Å²) >= 11 is 0. The van der Waals surface area contributed by atoms with Gasteiger partial charge in [0.15, 0.2) is 0 Å². The first-order chi connectivity index (χ1) is 6.84. The zero-order valence-electron chi connectivity index (χ0n) is 8.72. The molecular weight excluding hydrogens is 172 g/mol. The van der Waals surface area contributed by atoms with E-state index in [2.05, 4.69) is 41.8 Å². The van der Waals surface area contributed by atoms with Gasteiger partial charge >= 0.3 is 0 Å². The second kappa shape index (κ2) is 4.47. The molecule has 0 saturated carbocycles. The maximum absolute atomic E-state index is 3.58. The lowest BCUT2D eigenvalue weighted by molar-refractivity contribution is 0.479. The average molecular weight is 190 g/mol. The van der Waals surface area contributed by atoms with Crippen molar-refractivity contribution in [2.45, 2.75) is 25.8 Å². The predicted molar refractivity (Wildman–Crippen MR) is 60.7 cm³/mol. The van der Waals surface area contributed by atoms with Crippen LogP contribution in [0.1, 0.15) is 18.4 Å². The molecule has 2 nitrogen and oxygen atoms in total. The fourth-order valence-electron chi connectivity index (χ4n) is 1.94. The van der Waals surface area contributed by atoms with Gasteiger partial charge in [-0.15, -0.1) is 0 Å². The van der Waals surface area contributed by atoms with E-state index in [1.807, 2.05) is 0 Å². The molecule has 76 valence electrons. The molecule has 14 heavy (non-hydrogen) atoms. The van der Waals surface area contributed by atoms with Gasteiger partial charge in [-0.1, -0.05) is 12.1 Å². The molecule has 1 fully saturated rings. The van der Waals surface area contributed by atoms with Crippen LogP contribution < -0.4 is 10.6 Å². The lowest BCUT2D eigenvalue weighted by Gasteiger charge is -2.24. The average Bonchev–Trinajstić information content (AvgIpc) is 2.19. The van der Waals surface area contributed by atoms with Gasteiger partial charge in [0.25, 0.3) is 0 Å². The lowest BCUT2D eigenvalue weighted by atomic mass is 10.1. The Kier molecular flexibility index (Phi) is 3.04. The van der Waals surface area contributed by atoms with Gasteiger partial charge in [0.2, 0.25) is 0 Å². The number of rotatable bonds is 2. The van der Waals surface area contributed by atoms with E-state index < -0.39 is 0 Å². The Morgan fingerprint density at radius 1 is 1.29 bits per heavy atom. The standard InChI is InChI=1S/C12H18N2/c1-10-3-2-4-12(9-10)14-11-5-7-13-8-6-11/h2-4,9,11,13-14H,5-8H2,1H3. The molecule has 0 unspecified atom stereocenters. The van der Waals surface area contributed by atoms with Crippen molar-refractivity contribution in [1.82, 2.24) is 5.32 Å². The Morgan fingerprint density at radius 3 is 2.79 bits per heavy atom. The molecule has 0 bridgehead atoms. The molecule has 1 saturated heterocycles. The van der Waals surface area contributed by atoms with E-state index in [4.69, 9.17) is 0 Å². The van der Waals surface area contributed by atoms with Gasteiger partial charge in [-0.25, -0.2) is 0 Å². The largest absolute Gasteiger partial charge is 0.382 e. The Balaban J connectivity index is 1.95. The molecule has 0 aliphatic carbocycles. The van der Waals surface area contributed by atoms with Gasteiger partial charge in [0, 0.05) is 11.7 Å². The van der Waals surface area contributed by atoms with Gasteiger partial charge < -0.3 is 10.6 Å². The minimum absolute atomic E-state index is 0.651. The molecule has 1 aliphatic rings. The molecule has 0 spiro atoms. The van der Waals surface area contributed by atoms with Gasteiger partial charge in [-0.3, -0.25) is 0 Å². The SMILES string of the molecule is Cc1cccc(NC2CCNCC2)c1. The number of aryl methyl sites for hydroxylation is 1. The molecule has 2 rings (SSSR count). The molecule has 0 aromatic heterocycles. The summed E-state index contributed by atoms with van der Waals surface area (Å²) in [6, 6.07) is 9.25. The molecule has 1 aromatic carbocycles. The predicted octanol–water partition coefficient (Wildman–Crippen LogP) is 2.16. The van der Waals surface area contributed by atoms with Crippen LogP contribution in [0.4, 0.5) is 5.69 Å². The Morgan fingerprint density at radius 2 is 2.07 bits per heavy atom. The summed E-state index contributed by atoms with van der Waals surface area (Å²) in [5.74, 6) is 0. The quantitative estimate of drug-likeness (QED) is 0.746. The highest BCUT2D eigenvalue weighted by atomic mass is 15.0. The lowest BCUT2D eigenvalue weighted by Crippen LogP contribution is -2.35. The maximum Gasteiger partial charge on any atom is 0.0344 e. The highest BCUT2D eigenvalue weighted by Gasteiger charge is 2.11. The summed E-state index contributed by atoms with van der Waals surface area (Å²) < 4.78 is 0. The molecule has 1 aromatic rings. The van der Waals surface area contributed by atoms with Crippen molar-refractivity contribution in [2.24, 2.45) is 0 Å². The molecule has 2 N–H and O–H groups in total. The molecule has 0 atom stereocenters. The van der Waals surface area contributed by atoms with Gasteiger partial charge in [0.1, 0.15) is 0 Å². The second-order valence-electron chi connectivity index (χ2n) is 4.04. The van der Waals surface area contributed by atoms with Gasteiger partial charge in [-0.05, 0) is 50.6 Å². The Bertz CT molecular complexity index is 290. The van der Waals surface area contributed by atoms with Gasteiger partial charge in [0.05, 0.1) is 0 Å². The third-order valence-corrected chi connectivity index (χ3v) is 2.73. The van der Waals surface area contributed by atoms with Crippen LogP contribution in [0.15, 0.2) is 24.3 Å². The Hall–Kier alpha value is -1.02. The summed E-state index contributed by atoms with van der Waals surface area (Å²) in [7, 11) is 0. The maximum atomic E-state index is 3.58. The number of hydrogen-bond acceptors (Lipinski definition) is 2. The number of benzene rings is 1. The van der Waals surface area contributed by atoms with E-state index >= 15 is 0 Å². The monoisotopic (exact) mass is 190 g/mol. The van der Waals surface area contributed by atoms with Crippen LogP contribution in [0.2, 0.25) is 0 Å². The van der Waals surface area contributed by atoms with E-state index in [0.717, 1.165) is 13.1 Å². The zero-order valence-corrected chi connectivity index (χ0v) is 8.72. The minimum atomic E-state index is 0.651. The first-order valence-electron chi connectivity index (χ1n) is 5.38. The van der Waals surface area contributed by atoms with E-state index in [1.165, 1.54) is 24.1 Å². The van der Waals surface area contributed by atoms with Crippen LogP contribution in [-0.4, -0.2) is 19.1 Å².